The molecule has 1 fully saturated rings. The number of rotatable bonds is 3. The molecule has 1 aromatic rings. The first-order valence-corrected chi connectivity index (χ1v) is 6.13. The van der Waals surface area contributed by atoms with Gasteiger partial charge in [0, 0.05) is 0 Å². The molecule has 1 aliphatic rings. The number of hydrogen-bond acceptors (Lipinski definition) is 4. The Morgan fingerprint density at radius 2 is 2.18 bits per heavy atom. The molecule has 5 nitrogen and oxygen atoms in total. The van der Waals surface area contributed by atoms with Crippen LogP contribution in [0.3, 0.4) is 0 Å². The van der Waals surface area contributed by atoms with Gasteiger partial charge >= 0.3 is 0 Å². The van der Waals surface area contributed by atoms with Crippen LogP contribution in [0.15, 0.2) is 11.1 Å². The van der Waals surface area contributed by atoms with Gasteiger partial charge in [0.25, 0.3) is 5.56 Å². The van der Waals surface area contributed by atoms with E-state index < -0.39 is 5.56 Å². The molecule has 94 valence electrons. The topological polar surface area (TPSA) is 81.0 Å². The molecule has 0 amide bonds. The largest absolute Gasteiger partial charge is 0.474 e. The molecule has 0 radical (unpaired) electrons. The molecule has 3 N–H and O–H groups in total. The van der Waals surface area contributed by atoms with Crippen molar-refractivity contribution in [2.24, 2.45) is 5.73 Å². The second-order valence-corrected chi connectivity index (χ2v) is 4.94. The van der Waals surface area contributed by atoms with Gasteiger partial charge in [-0.2, -0.15) is 0 Å². The Balaban J connectivity index is 2.02. The fraction of sp³-hybridized carbons (Fsp3) is 0.636. The van der Waals surface area contributed by atoms with Gasteiger partial charge in [-0.05, 0) is 12.8 Å². The van der Waals surface area contributed by atoms with E-state index in [4.69, 9.17) is 22.1 Å². The fourth-order valence-electron chi connectivity index (χ4n) is 2.08. The van der Waals surface area contributed by atoms with Crippen LogP contribution in [0.25, 0.3) is 0 Å². The maximum absolute atomic E-state index is 11.2. The van der Waals surface area contributed by atoms with Gasteiger partial charge in [0.05, 0.1) is 11.9 Å². The van der Waals surface area contributed by atoms with Crippen LogP contribution < -0.4 is 16.0 Å². The number of nitrogens with two attached hydrogens (primary N) is 1. The SMILES string of the molecule is NC1(COc2nc[nH]c(=O)c2Cl)CCCCC1. The summed E-state index contributed by atoms with van der Waals surface area (Å²) in [5.41, 5.74) is 5.50. The minimum absolute atomic E-state index is 0.0214. The van der Waals surface area contributed by atoms with Crippen molar-refractivity contribution in [3.05, 3.63) is 21.7 Å². The number of hydrogen-bond donors (Lipinski definition) is 2. The van der Waals surface area contributed by atoms with Crippen molar-refractivity contribution in [3.63, 3.8) is 0 Å². The van der Waals surface area contributed by atoms with Crippen molar-refractivity contribution < 1.29 is 4.74 Å². The number of halogens is 1. The maximum Gasteiger partial charge on any atom is 0.273 e. The van der Waals surface area contributed by atoms with Crippen molar-refractivity contribution in [2.75, 3.05) is 6.61 Å². The molecular formula is C11H16ClN3O2. The Morgan fingerprint density at radius 3 is 2.88 bits per heavy atom. The Morgan fingerprint density at radius 1 is 1.47 bits per heavy atom. The number of aromatic nitrogens is 2. The highest BCUT2D eigenvalue weighted by atomic mass is 35.5. The summed E-state index contributed by atoms with van der Waals surface area (Å²) in [4.78, 5) is 17.5. The van der Waals surface area contributed by atoms with E-state index in [9.17, 15) is 4.79 Å². The minimum atomic E-state index is -0.397. The smallest absolute Gasteiger partial charge is 0.273 e. The van der Waals surface area contributed by atoms with Gasteiger partial charge in [-0.25, -0.2) is 4.98 Å². The summed E-state index contributed by atoms with van der Waals surface area (Å²) >= 11 is 5.78. The molecular weight excluding hydrogens is 242 g/mol. The number of aromatic amines is 1. The quantitative estimate of drug-likeness (QED) is 0.859. The molecule has 6 heteroatoms. The average Bonchev–Trinajstić information content (AvgIpc) is 2.32. The Bertz CT molecular complexity index is 441. The summed E-state index contributed by atoms with van der Waals surface area (Å²) in [6, 6.07) is 0. The first-order chi connectivity index (χ1) is 8.11. The highest BCUT2D eigenvalue weighted by Gasteiger charge is 2.28. The highest BCUT2D eigenvalue weighted by molar-refractivity contribution is 6.31. The van der Waals surface area contributed by atoms with E-state index in [1.807, 2.05) is 0 Å². The van der Waals surface area contributed by atoms with Gasteiger partial charge in [-0.1, -0.05) is 30.9 Å². The second-order valence-electron chi connectivity index (χ2n) is 4.56. The fourth-order valence-corrected chi connectivity index (χ4v) is 2.24. The van der Waals surface area contributed by atoms with Gasteiger partial charge in [-0.3, -0.25) is 4.79 Å². The molecule has 1 aliphatic carbocycles. The lowest BCUT2D eigenvalue weighted by Crippen LogP contribution is -2.47. The standard InChI is InChI=1S/C11H16ClN3O2/c12-8-9(16)14-7-15-10(8)17-6-11(13)4-2-1-3-5-11/h7H,1-6,13H2,(H,14,15,16). The minimum Gasteiger partial charge on any atom is -0.474 e. The highest BCUT2D eigenvalue weighted by Crippen LogP contribution is 2.27. The van der Waals surface area contributed by atoms with E-state index in [1.54, 1.807) is 0 Å². The molecule has 0 aliphatic heterocycles. The monoisotopic (exact) mass is 257 g/mol. The Hall–Kier alpha value is -1.07. The van der Waals surface area contributed by atoms with Crippen molar-refractivity contribution in [2.45, 2.75) is 37.6 Å². The van der Waals surface area contributed by atoms with Crippen LogP contribution in [-0.2, 0) is 0 Å². The molecule has 2 rings (SSSR count). The van der Waals surface area contributed by atoms with Gasteiger partial charge in [0.1, 0.15) is 6.61 Å². The molecule has 0 unspecified atom stereocenters. The van der Waals surface area contributed by atoms with E-state index in [-0.39, 0.29) is 16.4 Å². The van der Waals surface area contributed by atoms with Crippen LogP contribution in [0.1, 0.15) is 32.1 Å². The van der Waals surface area contributed by atoms with Gasteiger partial charge in [-0.15, -0.1) is 0 Å². The summed E-state index contributed by atoms with van der Waals surface area (Å²) in [5, 5.41) is -0.0214. The summed E-state index contributed by atoms with van der Waals surface area (Å²) in [6.07, 6.45) is 6.62. The van der Waals surface area contributed by atoms with E-state index >= 15 is 0 Å². The lowest BCUT2D eigenvalue weighted by Gasteiger charge is -2.32. The third kappa shape index (κ3) is 2.98. The van der Waals surface area contributed by atoms with Crippen LogP contribution in [0.2, 0.25) is 5.02 Å². The predicted molar refractivity (Wildman–Crippen MR) is 65.4 cm³/mol. The number of nitrogens with zero attached hydrogens (tertiary/aromatic N) is 1. The van der Waals surface area contributed by atoms with E-state index in [1.165, 1.54) is 12.7 Å². The van der Waals surface area contributed by atoms with Gasteiger partial charge in [0.2, 0.25) is 5.88 Å². The van der Waals surface area contributed by atoms with E-state index in [0.717, 1.165) is 25.7 Å². The zero-order chi connectivity index (χ0) is 12.3. The van der Waals surface area contributed by atoms with Crippen LogP contribution in [-0.4, -0.2) is 22.1 Å². The lowest BCUT2D eigenvalue weighted by atomic mass is 9.83. The Labute approximate surface area is 104 Å². The third-order valence-electron chi connectivity index (χ3n) is 3.11. The summed E-state index contributed by atoms with van der Waals surface area (Å²) in [6.45, 7) is 0.350. The summed E-state index contributed by atoms with van der Waals surface area (Å²) < 4.78 is 5.47. The van der Waals surface area contributed by atoms with E-state index in [0.29, 0.717) is 6.61 Å². The molecule has 17 heavy (non-hydrogen) atoms. The molecule has 0 bridgehead atoms. The van der Waals surface area contributed by atoms with Crippen LogP contribution in [0, 0.1) is 0 Å². The normalized spacial score (nSPS) is 18.9. The van der Waals surface area contributed by atoms with Gasteiger partial charge in [0.15, 0.2) is 5.02 Å². The number of H-pyrrole nitrogens is 1. The van der Waals surface area contributed by atoms with Crippen LogP contribution in [0.4, 0.5) is 0 Å². The third-order valence-corrected chi connectivity index (χ3v) is 3.44. The maximum atomic E-state index is 11.2. The molecule has 1 heterocycles. The summed E-state index contributed by atoms with van der Waals surface area (Å²) in [5.74, 6) is 0.158. The van der Waals surface area contributed by atoms with Gasteiger partial charge < -0.3 is 15.5 Å². The van der Waals surface area contributed by atoms with Crippen LogP contribution >= 0.6 is 11.6 Å². The first-order valence-electron chi connectivity index (χ1n) is 5.76. The molecule has 1 aromatic heterocycles. The summed E-state index contributed by atoms with van der Waals surface area (Å²) in [7, 11) is 0. The number of ether oxygens (including phenoxy) is 1. The van der Waals surface area contributed by atoms with Crippen molar-refractivity contribution in [1.29, 1.82) is 0 Å². The lowest BCUT2D eigenvalue weighted by molar-refractivity contribution is 0.169. The first kappa shape index (κ1) is 12.4. The van der Waals surface area contributed by atoms with E-state index in [2.05, 4.69) is 9.97 Å². The molecule has 0 aromatic carbocycles. The molecule has 0 atom stereocenters. The molecule has 1 saturated carbocycles. The molecule has 0 spiro atoms. The predicted octanol–water partition coefficient (Wildman–Crippen LogP) is 1.46. The van der Waals surface area contributed by atoms with Crippen molar-refractivity contribution >= 4 is 11.6 Å². The zero-order valence-corrected chi connectivity index (χ0v) is 10.3. The van der Waals surface area contributed by atoms with Crippen molar-refractivity contribution in [3.8, 4) is 5.88 Å². The number of nitrogens with one attached hydrogen (secondary N) is 1. The van der Waals surface area contributed by atoms with Crippen LogP contribution in [0.5, 0.6) is 5.88 Å². The Kier molecular flexibility index (Phi) is 3.69. The second kappa shape index (κ2) is 5.06. The van der Waals surface area contributed by atoms with Crippen molar-refractivity contribution in [1.82, 2.24) is 9.97 Å². The average molecular weight is 258 g/mol. The zero-order valence-electron chi connectivity index (χ0n) is 9.54. The molecule has 0 saturated heterocycles.